The van der Waals surface area contributed by atoms with E-state index in [2.05, 4.69) is 36.5 Å². The van der Waals surface area contributed by atoms with E-state index in [4.69, 9.17) is 5.73 Å². The van der Waals surface area contributed by atoms with E-state index in [1.165, 1.54) is 0 Å². The van der Waals surface area contributed by atoms with Crippen LogP contribution in [0.15, 0.2) is 5.38 Å². The summed E-state index contributed by atoms with van der Waals surface area (Å²) in [6, 6.07) is -0.383. The van der Waals surface area contributed by atoms with Gasteiger partial charge >= 0.3 is 0 Å². The molecule has 1 aromatic heterocycles. The smallest absolute Gasteiger partial charge is 0.236 e. The maximum absolute atomic E-state index is 11.6. The molecule has 0 spiro atoms. The number of carbonyl (C=O) groups is 1. The molecule has 0 fully saturated rings. The number of aromatic nitrogens is 1. The third-order valence-electron chi connectivity index (χ3n) is 2.89. The predicted molar refractivity (Wildman–Crippen MR) is 80.4 cm³/mol. The Bertz CT molecular complexity index is 409. The molecular formula is C14H25N3OS. The van der Waals surface area contributed by atoms with E-state index in [0.29, 0.717) is 6.54 Å². The van der Waals surface area contributed by atoms with Gasteiger partial charge in [-0.1, -0.05) is 34.1 Å². The number of thiazole rings is 1. The van der Waals surface area contributed by atoms with Gasteiger partial charge in [0, 0.05) is 23.8 Å². The van der Waals surface area contributed by atoms with Crippen LogP contribution in [0.1, 0.15) is 51.2 Å². The van der Waals surface area contributed by atoms with Gasteiger partial charge in [0.15, 0.2) is 0 Å². The van der Waals surface area contributed by atoms with E-state index in [0.717, 1.165) is 30.0 Å². The van der Waals surface area contributed by atoms with Gasteiger partial charge in [-0.05, 0) is 6.42 Å². The lowest BCUT2D eigenvalue weighted by Gasteiger charge is -2.14. The zero-order valence-electron chi connectivity index (χ0n) is 12.3. The predicted octanol–water partition coefficient (Wildman–Crippen LogP) is 2.23. The molecule has 1 heterocycles. The van der Waals surface area contributed by atoms with Crippen LogP contribution in [0.5, 0.6) is 0 Å². The van der Waals surface area contributed by atoms with E-state index in [1.54, 1.807) is 11.3 Å². The minimum absolute atomic E-state index is 0.0607. The van der Waals surface area contributed by atoms with Crippen molar-refractivity contribution in [1.82, 2.24) is 10.3 Å². The fourth-order valence-electron chi connectivity index (χ4n) is 1.64. The lowest BCUT2D eigenvalue weighted by Crippen LogP contribution is -2.41. The summed E-state index contributed by atoms with van der Waals surface area (Å²) in [5, 5.41) is 6.03. The fraction of sp³-hybridized carbons (Fsp3) is 0.714. The Balaban J connectivity index is 2.37. The van der Waals surface area contributed by atoms with Gasteiger partial charge in [0.05, 0.1) is 16.7 Å². The maximum atomic E-state index is 11.6. The summed E-state index contributed by atoms with van der Waals surface area (Å²) in [5.41, 5.74) is 6.94. The van der Waals surface area contributed by atoms with E-state index in [9.17, 15) is 4.79 Å². The van der Waals surface area contributed by atoms with Crippen molar-refractivity contribution in [3.05, 3.63) is 16.1 Å². The molecule has 1 atom stereocenters. The van der Waals surface area contributed by atoms with Gasteiger partial charge in [0.25, 0.3) is 0 Å². The molecule has 0 aliphatic carbocycles. The van der Waals surface area contributed by atoms with Crippen molar-refractivity contribution in [2.45, 2.75) is 58.4 Å². The first kappa shape index (κ1) is 16.1. The quantitative estimate of drug-likeness (QED) is 0.841. The molecule has 5 heteroatoms. The number of nitrogens with zero attached hydrogens (tertiary/aromatic N) is 1. The molecular weight excluding hydrogens is 258 g/mol. The van der Waals surface area contributed by atoms with Gasteiger partial charge in [-0.3, -0.25) is 4.79 Å². The normalized spacial score (nSPS) is 13.3. The summed E-state index contributed by atoms with van der Waals surface area (Å²) >= 11 is 1.65. The molecule has 19 heavy (non-hydrogen) atoms. The van der Waals surface area contributed by atoms with Crippen molar-refractivity contribution in [2.24, 2.45) is 5.73 Å². The van der Waals surface area contributed by atoms with Crippen LogP contribution in [0, 0.1) is 0 Å². The Kier molecular flexibility index (Phi) is 5.94. The SMILES string of the molecule is CCCC(N)C(=O)NCCc1nc(C(C)(C)C)cs1. The lowest BCUT2D eigenvalue weighted by molar-refractivity contribution is -0.122. The number of nitrogens with one attached hydrogen (secondary N) is 1. The van der Waals surface area contributed by atoms with Crippen LogP contribution >= 0.6 is 11.3 Å². The molecule has 1 aromatic rings. The van der Waals surface area contributed by atoms with Crippen LogP contribution in [0.4, 0.5) is 0 Å². The molecule has 0 aromatic carbocycles. The Morgan fingerprint density at radius 2 is 2.21 bits per heavy atom. The summed E-state index contributed by atoms with van der Waals surface area (Å²) in [7, 11) is 0. The second-order valence-corrected chi connectivity index (χ2v) is 6.76. The van der Waals surface area contributed by atoms with Crippen molar-refractivity contribution in [2.75, 3.05) is 6.54 Å². The molecule has 1 unspecified atom stereocenters. The molecule has 4 nitrogen and oxygen atoms in total. The third-order valence-corrected chi connectivity index (χ3v) is 3.80. The lowest BCUT2D eigenvalue weighted by atomic mass is 9.93. The number of hydrogen-bond donors (Lipinski definition) is 2. The maximum Gasteiger partial charge on any atom is 0.236 e. The van der Waals surface area contributed by atoms with Crippen molar-refractivity contribution >= 4 is 17.2 Å². The highest BCUT2D eigenvalue weighted by molar-refractivity contribution is 7.09. The Morgan fingerprint density at radius 3 is 2.74 bits per heavy atom. The van der Waals surface area contributed by atoms with Gasteiger partial charge in [0.1, 0.15) is 0 Å². The van der Waals surface area contributed by atoms with Crippen LogP contribution in [-0.2, 0) is 16.6 Å². The van der Waals surface area contributed by atoms with E-state index in [1.807, 2.05) is 6.92 Å². The summed E-state index contributed by atoms with van der Waals surface area (Å²) in [5.74, 6) is -0.0607. The minimum Gasteiger partial charge on any atom is -0.354 e. The van der Waals surface area contributed by atoms with E-state index >= 15 is 0 Å². The molecule has 0 bridgehead atoms. The van der Waals surface area contributed by atoms with Crippen LogP contribution in [0.2, 0.25) is 0 Å². The summed E-state index contributed by atoms with van der Waals surface area (Å²) < 4.78 is 0. The third kappa shape index (κ3) is 5.28. The minimum atomic E-state index is -0.383. The highest BCUT2D eigenvalue weighted by Gasteiger charge is 2.17. The Hall–Kier alpha value is -0.940. The zero-order chi connectivity index (χ0) is 14.5. The molecule has 108 valence electrons. The van der Waals surface area contributed by atoms with Gasteiger partial charge < -0.3 is 11.1 Å². The van der Waals surface area contributed by atoms with E-state index < -0.39 is 0 Å². The molecule has 0 aliphatic heterocycles. The number of carbonyl (C=O) groups excluding carboxylic acids is 1. The summed E-state index contributed by atoms with van der Waals surface area (Å²) in [6.45, 7) is 9.08. The average Bonchev–Trinajstić information content (AvgIpc) is 2.77. The molecule has 1 rings (SSSR count). The first-order valence-electron chi connectivity index (χ1n) is 6.82. The first-order chi connectivity index (χ1) is 8.84. The van der Waals surface area contributed by atoms with Gasteiger partial charge in [-0.25, -0.2) is 4.98 Å². The number of rotatable bonds is 6. The standard InChI is InChI=1S/C14H25N3OS/c1-5-6-10(15)13(18)16-8-7-12-17-11(9-19-12)14(2,3)4/h9-10H,5-8,15H2,1-4H3,(H,16,18). The van der Waals surface area contributed by atoms with Crippen LogP contribution in [0.3, 0.4) is 0 Å². The van der Waals surface area contributed by atoms with Crippen LogP contribution < -0.4 is 11.1 Å². The monoisotopic (exact) mass is 283 g/mol. The van der Waals surface area contributed by atoms with Crippen LogP contribution in [0.25, 0.3) is 0 Å². The first-order valence-corrected chi connectivity index (χ1v) is 7.70. The van der Waals surface area contributed by atoms with Crippen molar-refractivity contribution in [1.29, 1.82) is 0 Å². The number of nitrogens with two attached hydrogens (primary N) is 1. The zero-order valence-corrected chi connectivity index (χ0v) is 13.1. The van der Waals surface area contributed by atoms with E-state index in [-0.39, 0.29) is 17.4 Å². The van der Waals surface area contributed by atoms with Gasteiger partial charge in [-0.2, -0.15) is 0 Å². The second-order valence-electron chi connectivity index (χ2n) is 5.81. The average molecular weight is 283 g/mol. The largest absolute Gasteiger partial charge is 0.354 e. The van der Waals surface area contributed by atoms with Gasteiger partial charge in [0.2, 0.25) is 5.91 Å². The fourth-order valence-corrected chi connectivity index (χ4v) is 2.66. The van der Waals surface area contributed by atoms with Crippen molar-refractivity contribution in [3.63, 3.8) is 0 Å². The highest BCUT2D eigenvalue weighted by atomic mass is 32.1. The number of amides is 1. The molecule has 3 N–H and O–H groups in total. The van der Waals surface area contributed by atoms with Gasteiger partial charge in [-0.15, -0.1) is 11.3 Å². The molecule has 0 aliphatic rings. The Labute approximate surface area is 119 Å². The second kappa shape index (κ2) is 7.01. The summed E-state index contributed by atoms with van der Waals surface area (Å²) in [4.78, 5) is 16.2. The summed E-state index contributed by atoms with van der Waals surface area (Å²) in [6.07, 6.45) is 2.43. The van der Waals surface area contributed by atoms with Crippen LogP contribution in [-0.4, -0.2) is 23.5 Å². The highest BCUT2D eigenvalue weighted by Crippen LogP contribution is 2.23. The van der Waals surface area contributed by atoms with Crippen molar-refractivity contribution < 1.29 is 4.79 Å². The molecule has 0 saturated carbocycles. The molecule has 0 saturated heterocycles. The molecule has 0 radical (unpaired) electrons. The Morgan fingerprint density at radius 1 is 1.53 bits per heavy atom. The number of hydrogen-bond acceptors (Lipinski definition) is 4. The topological polar surface area (TPSA) is 68.0 Å². The van der Waals surface area contributed by atoms with Crippen molar-refractivity contribution in [3.8, 4) is 0 Å². The molecule has 1 amide bonds.